The molecule has 0 aliphatic heterocycles. The Bertz CT molecular complexity index is 1420. The lowest BCUT2D eigenvalue weighted by Gasteiger charge is -2.23. The normalized spacial score (nSPS) is 11.3. The maximum absolute atomic E-state index is 14.7. The molecule has 3 heterocycles. The SMILES string of the molecule is CCN(c1nc(Nc2ccc3[nH]c(=O)[nH]c3c2)ncc1F)c1cccc2[nH]ncc12. The van der Waals surface area contributed by atoms with Crippen LogP contribution in [0.4, 0.5) is 27.5 Å². The molecule has 9 nitrogen and oxygen atoms in total. The highest BCUT2D eigenvalue weighted by atomic mass is 19.1. The monoisotopic (exact) mass is 404 g/mol. The van der Waals surface area contributed by atoms with E-state index in [4.69, 9.17) is 0 Å². The minimum atomic E-state index is -0.534. The molecule has 0 bridgehead atoms. The van der Waals surface area contributed by atoms with Crippen molar-refractivity contribution < 1.29 is 4.39 Å². The van der Waals surface area contributed by atoms with Gasteiger partial charge in [0.2, 0.25) is 5.95 Å². The van der Waals surface area contributed by atoms with Crippen molar-refractivity contribution in [1.29, 1.82) is 0 Å². The van der Waals surface area contributed by atoms with Crippen molar-refractivity contribution in [3.63, 3.8) is 0 Å². The first-order valence-corrected chi connectivity index (χ1v) is 9.33. The molecule has 3 aromatic heterocycles. The Morgan fingerprint density at radius 1 is 1.10 bits per heavy atom. The lowest BCUT2D eigenvalue weighted by atomic mass is 10.2. The molecule has 0 unspecified atom stereocenters. The fourth-order valence-electron chi connectivity index (χ4n) is 3.47. The van der Waals surface area contributed by atoms with Crippen molar-refractivity contribution in [2.75, 3.05) is 16.8 Å². The van der Waals surface area contributed by atoms with E-state index >= 15 is 0 Å². The van der Waals surface area contributed by atoms with Crippen molar-refractivity contribution in [3.05, 3.63) is 65.1 Å². The van der Waals surface area contributed by atoms with E-state index in [0.29, 0.717) is 23.3 Å². The molecule has 10 heteroatoms. The number of imidazole rings is 1. The van der Waals surface area contributed by atoms with Gasteiger partial charge in [0.1, 0.15) is 0 Å². The van der Waals surface area contributed by atoms with Gasteiger partial charge in [-0.3, -0.25) is 5.10 Å². The Balaban J connectivity index is 1.53. The maximum Gasteiger partial charge on any atom is 0.323 e. The van der Waals surface area contributed by atoms with Crippen LogP contribution in [-0.2, 0) is 0 Å². The van der Waals surface area contributed by atoms with Crippen LogP contribution in [0.25, 0.3) is 21.9 Å². The van der Waals surface area contributed by atoms with Crippen molar-refractivity contribution in [2.24, 2.45) is 0 Å². The summed E-state index contributed by atoms with van der Waals surface area (Å²) >= 11 is 0. The van der Waals surface area contributed by atoms with Gasteiger partial charge in [0, 0.05) is 17.6 Å². The Morgan fingerprint density at radius 3 is 2.83 bits per heavy atom. The van der Waals surface area contributed by atoms with Crippen molar-refractivity contribution >= 4 is 45.1 Å². The predicted molar refractivity (Wildman–Crippen MR) is 113 cm³/mol. The molecule has 0 atom stereocenters. The molecule has 150 valence electrons. The van der Waals surface area contributed by atoms with Crippen LogP contribution in [-0.4, -0.2) is 36.7 Å². The molecule has 0 aliphatic carbocycles. The average molecular weight is 404 g/mol. The lowest BCUT2D eigenvalue weighted by Crippen LogP contribution is -2.20. The van der Waals surface area contributed by atoms with E-state index in [1.165, 1.54) is 0 Å². The molecule has 30 heavy (non-hydrogen) atoms. The first-order valence-electron chi connectivity index (χ1n) is 9.33. The molecule has 4 N–H and O–H groups in total. The summed E-state index contributed by atoms with van der Waals surface area (Å²) in [4.78, 5) is 27.1. The summed E-state index contributed by atoms with van der Waals surface area (Å²) in [6.07, 6.45) is 2.85. The quantitative estimate of drug-likeness (QED) is 0.356. The average Bonchev–Trinajstić information content (AvgIpc) is 3.36. The Morgan fingerprint density at radius 2 is 1.97 bits per heavy atom. The van der Waals surface area contributed by atoms with Gasteiger partial charge in [0.15, 0.2) is 11.6 Å². The Kier molecular flexibility index (Phi) is 4.16. The molecular formula is C20H17FN8O. The molecule has 5 rings (SSSR count). The van der Waals surface area contributed by atoms with E-state index in [1.807, 2.05) is 25.1 Å². The van der Waals surface area contributed by atoms with E-state index < -0.39 is 5.82 Å². The largest absolute Gasteiger partial charge is 0.324 e. The first-order chi connectivity index (χ1) is 14.6. The third kappa shape index (κ3) is 3.04. The smallest absolute Gasteiger partial charge is 0.323 e. The highest BCUT2D eigenvalue weighted by Crippen LogP contribution is 2.32. The van der Waals surface area contributed by atoms with Gasteiger partial charge < -0.3 is 20.2 Å². The predicted octanol–water partition coefficient (Wildman–Crippen LogP) is 3.56. The number of benzene rings is 2. The molecule has 5 aromatic rings. The second-order valence-electron chi connectivity index (χ2n) is 6.68. The lowest BCUT2D eigenvalue weighted by molar-refractivity contribution is 0.612. The third-order valence-corrected chi connectivity index (χ3v) is 4.82. The molecule has 0 radical (unpaired) electrons. The zero-order valence-corrected chi connectivity index (χ0v) is 15.9. The van der Waals surface area contributed by atoms with Gasteiger partial charge >= 0.3 is 5.69 Å². The number of hydrogen-bond donors (Lipinski definition) is 4. The van der Waals surface area contributed by atoms with Gasteiger partial charge in [0.05, 0.1) is 34.6 Å². The summed E-state index contributed by atoms with van der Waals surface area (Å²) in [7, 11) is 0. The van der Waals surface area contributed by atoms with Crippen LogP contribution in [0.5, 0.6) is 0 Å². The zero-order valence-electron chi connectivity index (χ0n) is 15.9. The molecule has 2 aromatic carbocycles. The number of nitrogens with one attached hydrogen (secondary N) is 4. The molecule has 0 saturated heterocycles. The van der Waals surface area contributed by atoms with Gasteiger partial charge in [-0.2, -0.15) is 10.1 Å². The highest BCUT2D eigenvalue weighted by Gasteiger charge is 2.18. The van der Waals surface area contributed by atoms with Gasteiger partial charge in [-0.1, -0.05) is 6.07 Å². The van der Waals surface area contributed by atoms with Crippen LogP contribution in [0, 0.1) is 5.82 Å². The van der Waals surface area contributed by atoms with Crippen LogP contribution in [0.1, 0.15) is 6.92 Å². The number of aromatic nitrogens is 6. The number of nitrogens with zero attached hydrogens (tertiary/aromatic N) is 4. The zero-order chi connectivity index (χ0) is 20.7. The molecular weight excluding hydrogens is 387 g/mol. The van der Waals surface area contributed by atoms with Gasteiger partial charge in [-0.25, -0.2) is 14.2 Å². The van der Waals surface area contributed by atoms with Crippen molar-refractivity contribution in [3.8, 4) is 0 Å². The minimum Gasteiger partial charge on any atom is -0.324 e. The summed E-state index contributed by atoms with van der Waals surface area (Å²) in [5.74, 6) is -0.144. The van der Waals surface area contributed by atoms with Gasteiger partial charge in [-0.15, -0.1) is 0 Å². The van der Waals surface area contributed by atoms with E-state index in [-0.39, 0.29) is 17.5 Å². The number of aromatic amines is 3. The van der Waals surface area contributed by atoms with Crippen LogP contribution >= 0.6 is 0 Å². The topological polar surface area (TPSA) is 118 Å². The van der Waals surface area contributed by atoms with Gasteiger partial charge in [0.25, 0.3) is 0 Å². The van der Waals surface area contributed by atoms with Crippen molar-refractivity contribution in [2.45, 2.75) is 6.92 Å². The number of fused-ring (bicyclic) bond motifs is 2. The number of anilines is 4. The van der Waals surface area contributed by atoms with Crippen molar-refractivity contribution in [1.82, 2.24) is 30.1 Å². The summed E-state index contributed by atoms with van der Waals surface area (Å²) in [6, 6.07) is 11.0. The molecule has 0 aliphatic rings. The van der Waals surface area contributed by atoms with Crippen LogP contribution < -0.4 is 15.9 Å². The summed E-state index contributed by atoms with van der Waals surface area (Å²) in [5.41, 5.74) is 3.36. The summed E-state index contributed by atoms with van der Waals surface area (Å²) in [6.45, 7) is 2.41. The van der Waals surface area contributed by atoms with E-state index in [0.717, 1.165) is 22.8 Å². The number of hydrogen-bond acceptors (Lipinski definition) is 6. The fourth-order valence-corrected chi connectivity index (χ4v) is 3.47. The Labute approximate surface area is 169 Å². The summed E-state index contributed by atoms with van der Waals surface area (Å²) in [5, 5.41) is 10.9. The van der Waals surface area contributed by atoms with Crippen LogP contribution in [0.15, 0.2) is 53.6 Å². The van der Waals surface area contributed by atoms with Gasteiger partial charge in [-0.05, 0) is 37.3 Å². The van der Waals surface area contributed by atoms with E-state index in [9.17, 15) is 9.18 Å². The molecule has 0 fully saturated rings. The van der Waals surface area contributed by atoms with E-state index in [1.54, 1.807) is 29.3 Å². The fraction of sp³-hybridized carbons (Fsp3) is 0.100. The Hall–Kier alpha value is -4.21. The van der Waals surface area contributed by atoms with Crippen LogP contribution in [0.3, 0.4) is 0 Å². The standard InChI is InChI=1S/C20H17FN8O/c1-2-29(17-5-3-4-14-12(17)9-23-28-14)18-13(21)10-22-19(27-18)24-11-6-7-15-16(8-11)26-20(30)25-15/h3-10H,2H2,1H3,(H,23,28)(H,22,24,27)(H2,25,26,30). The first kappa shape index (κ1) is 17.9. The second kappa shape index (κ2) is 6.99. The number of rotatable bonds is 5. The highest BCUT2D eigenvalue weighted by molar-refractivity contribution is 5.93. The molecule has 0 spiro atoms. The number of H-pyrrole nitrogens is 3. The minimum absolute atomic E-state index is 0.153. The molecule has 0 amide bonds. The third-order valence-electron chi connectivity index (χ3n) is 4.82. The summed E-state index contributed by atoms with van der Waals surface area (Å²) < 4.78 is 14.7. The maximum atomic E-state index is 14.7. The van der Waals surface area contributed by atoms with E-state index in [2.05, 4.69) is 35.5 Å². The molecule has 0 saturated carbocycles. The number of halogens is 1. The second-order valence-corrected chi connectivity index (χ2v) is 6.68. The van der Waals surface area contributed by atoms with Crippen LogP contribution in [0.2, 0.25) is 0 Å².